The molecular formula is C15H13F3N4OS. The second kappa shape index (κ2) is 6.23. The molecule has 0 saturated heterocycles. The third kappa shape index (κ3) is 3.25. The highest BCUT2D eigenvalue weighted by atomic mass is 32.2. The van der Waals surface area contributed by atoms with Gasteiger partial charge in [0.25, 0.3) is 0 Å². The lowest BCUT2D eigenvalue weighted by Gasteiger charge is -2.08. The maximum atomic E-state index is 12.7. The van der Waals surface area contributed by atoms with Crippen LogP contribution in [-0.4, -0.2) is 14.9 Å². The van der Waals surface area contributed by atoms with Crippen LogP contribution in [0.1, 0.15) is 16.9 Å². The zero-order valence-corrected chi connectivity index (χ0v) is 13.4. The van der Waals surface area contributed by atoms with Crippen molar-refractivity contribution in [3.05, 3.63) is 53.5 Å². The maximum absolute atomic E-state index is 12.7. The number of thioether (sulfide) groups is 1. The van der Waals surface area contributed by atoms with Crippen molar-refractivity contribution in [3.63, 3.8) is 0 Å². The number of rotatable bonds is 4. The van der Waals surface area contributed by atoms with E-state index in [0.717, 1.165) is 17.7 Å². The fraction of sp³-hybridized carbons (Fsp3) is 0.200. The fourth-order valence-electron chi connectivity index (χ4n) is 2.16. The number of nitrogens with two attached hydrogens (primary N) is 1. The predicted octanol–water partition coefficient (Wildman–Crippen LogP) is 3.87. The Morgan fingerprint density at radius 3 is 2.71 bits per heavy atom. The third-order valence-corrected chi connectivity index (χ3v) is 4.40. The molecule has 0 amide bonds. The Labute approximate surface area is 139 Å². The van der Waals surface area contributed by atoms with Crippen LogP contribution in [-0.2, 0) is 11.9 Å². The van der Waals surface area contributed by atoms with Crippen LogP contribution in [0.3, 0.4) is 0 Å². The van der Waals surface area contributed by atoms with Gasteiger partial charge in [0.15, 0.2) is 5.82 Å². The Bertz CT molecular complexity index is 857. The number of aromatic nitrogens is 3. The SMILES string of the molecule is Cc1occc1-c1nnc(SCc2cccc(C(F)(F)F)c2)n1N. The number of furan rings is 1. The molecule has 1 aromatic carbocycles. The molecule has 0 radical (unpaired) electrons. The molecule has 2 aromatic heterocycles. The molecular weight excluding hydrogens is 341 g/mol. The van der Waals surface area contributed by atoms with E-state index in [9.17, 15) is 13.2 Å². The van der Waals surface area contributed by atoms with Crippen molar-refractivity contribution < 1.29 is 17.6 Å². The molecule has 3 rings (SSSR count). The van der Waals surface area contributed by atoms with Gasteiger partial charge in [-0.05, 0) is 24.6 Å². The number of benzene rings is 1. The van der Waals surface area contributed by atoms with Crippen LogP contribution >= 0.6 is 11.8 Å². The van der Waals surface area contributed by atoms with E-state index < -0.39 is 11.7 Å². The van der Waals surface area contributed by atoms with Crippen LogP contribution in [0.5, 0.6) is 0 Å². The summed E-state index contributed by atoms with van der Waals surface area (Å²) in [5.41, 5.74) is 0.569. The van der Waals surface area contributed by atoms with Gasteiger partial charge < -0.3 is 10.3 Å². The first-order chi connectivity index (χ1) is 11.4. The molecule has 0 bridgehead atoms. The number of hydrogen-bond acceptors (Lipinski definition) is 5. The van der Waals surface area contributed by atoms with E-state index in [1.165, 1.54) is 28.8 Å². The van der Waals surface area contributed by atoms with Gasteiger partial charge in [-0.15, -0.1) is 10.2 Å². The summed E-state index contributed by atoms with van der Waals surface area (Å²) in [7, 11) is 0. The number of alkyl halides is 3. The first-order valence-electron chi connectivity index (χ1n) is 6.90. The van der Waals surface area contributed by atoms with Gasteiger partial charge in [0, 0.05) is 5.75 Å². The molecule has 0 aliphatic carbocycles. The van der Waals surface area contributed by atoms with Gasteiger partial charge in [0.1, 0.15) is 5.76 Å². The molecule has 0 atom stereocenters. The van der Waals surface area contributed by atoms with Crippen LogP contribution < -0.4 is 5.84 Å². The average molecular weight is 354 g/mol. The molecule has 0 unspecified atom stereocenters. The van der Waals surface area contributed by atoms with E-state index in [-0.39, 0.29) is 0 Å². The third-order valence-electron chi connectivity index (χ3n) is 3.39. The van der Waals surface area contributed by atoms with Crippen LogP contribution in [0.4, 0.5) is 13.2 Å². The Hall–Kier alpha value is -2.42. The van der Waals surface area contributed by atoms with Crippen LogP contribution in [0.15, 0.2) is 46.2 Å². The van der Waals surface area contributed by atoms with Gasteiger partial charge in [-0.2, -0.15) is 13.2 Å². The van der Waals surface area contributed by atoms with Crippen molar-refractivity contribution in [1.29, 1.82) is 0 Å². The standard InChI is InChI=1S/C15H13F3N4OS/c1-9-12(5-6-23-9)13-20-21-14(22(13)19)24-8-10-3-2-4-11(7-10)15(16,17)18/h2-7H,8,19H2,1H3. The van der Waals surface area contributed by atoms with Crippen LogP contribution in [0, 0.1) is 6.92 Å². The van der Waals surface area contributed by atoms with E-state index in [2.05, 4.69) is 10.2 Å². The second-order valence-corrected chi connectivity index (χ2v) is 6.00. The monoisotopic (exact) mass is 354 g/mol. The smallest absolute Gasteiger partial charge is 0.416 e. The molecule has 5 nitrogen and oxygen atoms in total. The molecule has 0 saturated carbocycles. The normalized spacial score (nSPS) is 11.8. The molecule has 0 spiro atoms. The predicted molar refractivity (Wildman–Crippen MR) is 83.6 cm³/mol. The zero-order chi connectivity index (χ0) is 17.3. The quantitative estimate of drug-likeness (QED) is 0.569. The lowest BCUT2D eigenvalue weighted by Crippen LogP contribution is -2.11. The van der Waals surface area contributed by atoms with Crippen molar-refractivity contribution in [2.75, 3.05) is 5.84 Å². The maximum Gasteiger partial charge on any atom is 0.416 e. The lowest BCUT2D eigenvalue weighted by atomic mass is 10.1. The molecule has 9 heteroatoms. The van der Waals surface area contributed by atoms with Gasteiger partial charge in [0.05, 0.1) is 17.4 Å². The minimum absolute atomic E-state index is 0.295. The zero-order valence-electron chi connectivity index (χ0n) is 12.5. The van der Waals surface area contributed by atoms with E-state index in [0.29, 0.717) is 28.1 Å². The van der Waals surface area contributed by atoms with Crippen LogP contribution in [0.25, 0.3) is 11.4 Å². The van der Waals surface area contributed by atoms with Gasteiger partial charge in [-0.3, -0.25) is 0 Å². The van der Waals surface area contributed by atoms with Gasteiger partial charge in [-0.25, -0.2) is 4.68 Å². The van der Waals surface area contributed by atoms with Crippen molar-refractivity contribution in [2.45, 2.75) is 24.0 Å². The summed E-state index contributed by atoms with van der Waals surface area (Å²) in [6.45, 7) is 1.78. The highest BCUT2D eigenvalue weighted by Gasteiger charge is 2.30. The summed E-state index contributed by atoms with van der Waals surface area (Å²) < 4.78 is 44.7. The molecule has 2 heterocycles. The van der Waals surface area contributed by atoms with E-state index in [1.807, 2.05) is 0 Å². The van der Waals surface area contributed by atoms with Crippen molar-refractivity contribution in [3.8, 4) is 11.4 Å². The molecule has 126 valence electrons. The Morgan fingerprint density at radius 1 is 1.25 bits per heavy atom. The van der Waals surface area contributed by atoms with Gasteiger partial charge >= 0.3 is 6.18 Å². The lowest BCUT2D eigenvalue weighted by molar-refractivity contribution is -0.137. The molecule has 3 aromatic rings. The first kappa shape index (κ1) is 16.4. The minimum Gasteiger partial charge on any atom is -0.469 e. The molecule has 0 aliphatic rings. The second-order valence-electron chi connectivity index (χ2n) is 5.05. The number of aryl methyl sites for hydroxylation is 1. The fourth-order valence-corrected chi connectivity index (χ4v) is 2.96. The summed E-state index contributed by atoms with van der Waals surface area (Å²) in [6, 6.07) is 6.89. The van der Waals surface area contributed by atoms with E-state index in [4.69, 9.17) is 10.3 Å². The highest BCUT2D eigenvalue weighted by Crippen LogP contribution is 2.31. The van der Waals surface area contributed by atoms with Gasteiger partial charge in [-0.1, -0.05) is 30.0 Å². The molecule has 24 heavy (non-hydrogen) atoms. The highest BCUT2D eigenvalue weighted by molar-refractivity contribution is 7.98. The topological polar surface area (TPSA) is 69.9 Å². The van der Waals surface area contributed by atoms with E-state index in [1.54, 1.807) is 19.1 Å². The van der Waals surface area contributed by atoms with Crippen molar-refractivity contribution in [2.24, 2.45) is 0 Å². The average Bonchev–Trinajstić information content (AvgIpc) is 3.10. The van der Waals surface area contributed by atoms with Crippen LogP contribution in [0.2, 0.25) is 0 Å². The number of nitrogens with zero attached hydrogens (tertiary/aromatic N) is 3. The van der Waals surface area contributed by atoms with Crippen molar-refractivity contribution >= 4 is 11.8 Å². The number of nitrogen functional groups attached to an aromatic ring is 1. The molecule has 0 aliphatic heterocycles. The Kier molecular flexibility index (Phi) is 4.27. The molecule has 0 fully saturated rings. The number of halogens is 3. The Morgan fingerprint density at radius 2 is 2.04 bits per heavy atom. The summed E-state index contributed by atoms with van der Waals surface area (Å²) >= 11 is 1.21. The van der Waals surface area contributed by atoms with Crippen molar-refractivity contribution in [1.82, 2.24) is 14.9 Å². The summed E-state index contributed by atoms with van der Waals surface area (Å²) in [5, 5.41) is 8.41. The summed E-state index contributed by atoms with van der Waals surface area (Å²) in [5.74, 6) is 7.36. The van der Waals surface area contributed by atoms with E-state index >= 15 is 0 Å². The molecule has 2 N–H and O–H groups in total. The number of hydrogen-bond donors (Lipinski definition) is 1. The Balaban J connectivity index is 1.77. The first-order valence-corrected chi connectivity index (χ1v) is 7.88. The minimum atomic E-state index is -4.36. The van der Waals surface area contributed by atoms with Gasteiger partial charge in [0.2, 0.25) is 5.16 Å². The summed E-state index contributed by atoms with van der Waals surface area (Å²) in [4.78, 5) is 0. The largest absolute Gasteiger partial charge is 0.469 e. The summed E-state index contributed by atoms with van der Waals surface area (Å²) in [6.07, 6.45) is -2.84.